The first-order valence-electron chi connectivity index (χ1n) is 8.28. The molecule has 0 spiro atoms. The van der Waals surface area contributed by atoms with Crippen molar-refractivity contribution < 1.29 is 18.7 Å². The molecule has 27 heavy (non-hydrogen) atoms. The number of furan rings is 1. The number of hydrogen-bond acceptors (Lipinski definition) is 6. The van der Waals surface area contributed by atoms with Gasteiger partial charge in [0.15, 0.2) is 11.2 Å². The number of aryl methyl sites for hydroxylation is 1. The monoisotopic (exact) mass is 382 g/mol. The van der Waals surface area contributed by atoms with Crippen molar-refractivity contribution in [3.63, 3.8) is 0 Å². The van der Waals surface area contributed by atoms with E-state index in [1.807, 2.05) is 42.6 Å². The molecular formula is C20H18N2O4S. The highest BCUT2D eigenvalue weighted by atomic mass is 32.1. The Balaban J connectivity index is 1.54. The van der Waals surface area contributed by atoms with Crippen molar-refractivity contribution in [1.82, 2.24) is 4.98 Å². The highest BCUT2D eigenvalue weighted by molar-refractivity contribution is 7.14. The van der Waals surface area contributed by atoms with Crippen LogP contribution < -0.4 is 5.32 Å². The smallest absolute Gasteiger partial charge is 0.331 e. The molecule has 7 heteroatoms. The lowest BCUT2D eigenvalue weighted by molar-refractivity contribution is -0.148. The van der Waals surface area contributed by atoms with E-state index in [1.54, 1.807) is 12.1 Å². The minimum atomic E-state index is -0.954. The summed E-state index contributed by atoms with van der Waals surface area (Å²) in [5, 5.41) is 4.97. The molecule has 0 aliphatic carbocycles. The van der Waals surface area contributed by atoms with Crippen molar-refractivity contribution in [3.05, 3.63) is 65.4 Å². The lowest BCUT2D eigenvalue weighted by atomic mass is 10.2. The highest BCUT2D eigenvalue weighted by Gasteiger charge is 2.18. The van der Waals surface area contributed by atoms with E-state index in [0.717, 1.165) is 17.0 Å². The van der Waals surface area contributed by atoms with E-state index in [0.29, 0.717) is 10.9 Å². The number of nitrogens with zero attached hydrogens (tertiary/aromatic N) is 1. The van der Waals surface area contributed by atoms with E-state index in [4.69, 9.17) is 9.15 Å². The molecule has 1 aromatic carbocycles. The predicted molar refractivity (Wildman–Crippen MR) is 104 cm³/mol. The zero-order valence-electron chi connectivity index (χ0n) is 14.8. The Morgan fingerprint density at radius 1 is 1.22 bits per heavy atom. The maximum absolute atomic E-state index is 12.2. The fraction of sp³-hybridized carbons (Fsp3) is 0.150. The first-order chi connectivity index (χ1) is 13.0. The topological polar surface area (TPSA) is 81.4 Å². The molecule has 1 amide bonds. The molecule has 0 aliphatic rings. The number of carbonyl (C=O) groups excluding carboxylic acids is 2. The van der Waals surface area contributed by atoms with E-state index < -0.39 is 18.0 Å². The third-order valence-electron chi connectivity index (χ3n) is 3.61. The molecule has 0 aliphatic heterocycles. The van der Waals surface area contributed by atoms with Crippen LogP contribution in [0.2, 0.25) is 0 Å². The van der Waals surface area contributed by atoms with Gasteiger partial charge in [0.25, 0.3) is 5.91 Å². The second-order valence-electron chi connectivity index (χ2n) is 5.75. The minimum Gasteiger partial charge on any atom is -0.462 e. The van der Waals surface area contributed by atoms with E-state index in [-0.39, 0.29) is 0 Å². The quantitative estimate of drug-likeness (QED) is 0.508. The molecule has 0 saturated heterocycles. The van der Waals surface area contributed by atoms with Gasteiger partial charge in [0.2, 0.25) is 0 Å². The van der Waals surface area contributed by atoms with Crippen molar-refractivity contribution in [1.29, 1.82) is 0 Å². The van der Waals surface area contributed by atoms with Crippen LogP contribution in [-0.2, 0) is 14.3 Å². The van der Waals surface area contributed by atoms with Crippen LogP contribution in [0.4, 0.5) is 5.13 Å². The second-order valence-corrected chi connectivity index (χ2v) is 6.61. The summed E-state index contributed by atoms with van der Waals surface area (Å²) < 4.78 is 10.4. The van der Waals surface area contributed by atoms with E-state index in [1.165, 1.54) is 30.4 Å². The van der Waals surface area contributed by atoms with E-state index >= 15 is 0 Å². The number of ether oxygens (including phenoxy) is 1. The Morgan fingerprint density at radius 3 is 2.70 bits per heavy atom. The summed E-state index contributed by atoms with van der Waals surface area (Å²) in [6.07, 6.45) is 1.76. The fourth-order valence-electron chi connectivity index (χ4n) is 2.24. The molecule has 0 saturated carbocycles. The van der Waals surface area contributed by atoms with Gasteiger partial charge in [-0.1, -0.05) is 30.3 Å². The zero-order chi connectivity index (χ0) is 19.2. The summed E-state index contributed by atoms with van der Waals surface area (Å²) in [6, 6.07) is 13.2. The average molecular weight is 382 g/mol. The van der Waals surface area contributed by atoms with Gasteiger partial charge >= 0.3 is 5.97 Å². The predicted octanol–water partition coefficient (Wildman–Crippen LogP) is 4.30. The number of anilines is 1. The van der Waals surface area contributed by atoms with E-state index in [9.17, 15) is 9.59 Å². The summed E-state index contributed by atoms with van der Waals surface area (Å²) >= 11 is 1.31. The van der Waals surface area contributed by atoms with E-state index in [2.05, 4.69) is 10.3 Å². The Morgan fingerprint density at radius 2 is 2.00 bits per heavy atom. The van der Waals surface area contributed by atoms with Crippen molar-refractivity contribution in [2.45, 2.75) is 20.0 Å². The van der Waals surface area contributed by atoms with Gasteiger partial charge in [0.1, 0.15) is 11.5 Å². The number of rotatable bonds is 6. The summed E-state index contributed by atoms with van der Waals surface area (Å²) in [4.78, 5) is 28.4. The van der Waals surface area contributed by atoms with Crippen LogP contribution in [0.3, 0.4) is 0 Å². The zero-order valence-corrected chi connectivity index (χ0v) is 15.7. The second kappa shape index (κ2) is 8.46. The summed E-state index contributed by atoms with van der Waals surface area (Å²) in [6.45, 7) is 3.31. The molecule has 3 rings (SSSR count). The molecule has 0 bridgehead atoms. The Labute approximate surface area is 160 Å². The summed E-state index contributed by atoms with van der Waals surface area (Å²) in [5.74, 6) is 0.210. The van der Waals surface area contributed by atoms with Crippen molar-refractivity contribution in [3.8, 4) is 11.3 Å². The third-order valence-corrected chi connectivity index (χ3v) is 4.37. The summed E-state index contributed by atoms with van der Waals surface area (Å²) in [7, 11) is 0. The molecule has 0 radical (unpaired) electrons. The molecule has 3 aromatic rings. The van der Waals surface area contributed by atoms with Crippen LogP contribution in [0, 0.1) is 6.92 Å². The number of carbonyl (C=O) groups is 2. The number of benzene rings is 1. The number of amides is 1. The maximum Gasteiger partial charge on any atom is 0.331 e. The molecule has 138 valence electrons. The lowest BCUT2D eigenvalue weighted by Gasteiger charge is -2.10. The van der Waals surface area contributed by atoms with Crippen LogP contribution in [0.25, 0.3) is 17.3 Å². The molecule has 6 nitrogen and oxygen atoms in total. The van der Waals surface area contributed by atoms with Crippen molar-refractivity contribution in [2.75, 3.05) is 5.32 Å². The molecule has 2 aromatic heterocycles. The molecule has 1 N–H and O–H groups in total. The number of esters is 1. The normalized spacial score (nSPS) is 12.1. The van der Waals surface area contributed by atoms with Crippen LogP contribution in [-0.4, -0.2) is 23.0 Å². The van der Waals surface area contributed by atoms with Crippen molar-refractivity contribution >= 4 is 34.4 Å². The third kappa shape index (κ3) is 5.15. The summed E-state index contributed by atoms with van der Waals surface area (Å²) in [5.41, 5.74) is 1.74. The van der Waals surface area contributed by atoms with Crippen LogP contribution in [0.15, 0.2) is 58.3 Å². The van der Waals surface area contributed by atoms with Crippen LogP contribution in [0.5, 0.6) is 0 Å². The van der Waals surface area contributed by atoms with Crippen molar-refractivity contribution in [2.24, 2.45) is 0 Å². The SMILES string of the molecule is Cc1ccc(/C=C/C(=O)OC(C)C(=O)Nc2nc(-c3ccccc3)cs2)o1. The molecule has 1 unspecified atom stereocenters. The van der Waals surface area contributed by atoms with Gasteiger partial charge in [-0.15, -0.1) is 11.3 Å². The van der Waals surface area contributed by atoms with Gasteiger partial charge in [-0.3, -0.25) is 10.1 Å². The number of aromatic nitrogens is 1. The average Bonchev–Trinajstić information content (AvgIpc) is 3.29. The maximum atomic E-state index is 12.2. The Hall–Kier alpha value is -3.19. The van der Waals surface area contributed by atoms with Crippen LogP contribution >= 0.6 is 11.3 Å². The van der Waals surface area contributed by atoms with Gasteiger partial charge in [0, 0.05) is 17.0 Å². The van der Waals surface area contributed by atoms with Gasteiger partial charge in [-0.2, -0.15) is 0 Å². The molecule has 0 fully saturated rings. The first kappa shape index (κ1) is 18.6. The number of nitrogens with one attached hydrogen (secondary N) is 1. The standard InChI is InChI=1S/C20H18N2O4S/c1-13-8-9-16(25-13)10-11-18(23)26-14(2)19(24)22-20-21-17(12-27-20)15-6-4-3-5-7-15/h3-12,14H,1-2H3,(H,21,22,24)/b11-10+. The molecular weight excluding hydrogens is 364 g/mol. The Kier molecular flexibility index (Phi) is 5.83. The Bertz CT molecular complexity index is 959. The first-order valence-corrected chi connectivity index (χ1v) is 9.16. The fourth-order valence-corrected chi connectivity index (χ4v) is 2.96. The van der Waals surface area contributed by atoms with Gasteiger partial charge < -0.3 is 9.15 Å². The number of thiazole rings is 1. The van der Waals surface area contributed by atoms with Gasteiger partial charge in [0.05, 0.1) is 5.69 Å². The molecule has 1 atom stereocenters. The van der Waals surface area contributed by atoms with Gasteiger partial charge in [-0.05, 0) is 32.1 Å². The number of hydrogen-bond donors (Lipinski definition) is 1. The minimum absolute atomic E-state index is 0.445. The lowest BCUT2D eigenvalue weighted by Crippen LogP contribution is -2.29. The molecule has 2 heterocycles. The highest BCUT2D eigenvalue weighted by Crippen LogP contribution is 2.24. The largest absolute Gasteiger partial charge is 0.462 e. The van der Waals surface area contributed by atoms with Crippen LogP contribution in [0.1, 0.15) is 18.4 Å². The van der Waals surface area contributed by atoms with Gasteiger partial charge in [-0.25, -0.2) is 9.78 Å².